The Bertz CT molecular complexity index is 522. The van der Waals surface area contributed by atoms with Gasteiger partial charge in [-0.2, -0.15) is 0 Å². The van der Waals surface area contributed by atoms with Crippen molar-refractivity contribution in [2.75, 3.05) is 6.54 Å². The number of aryl methyl sites for hydroxylation is 1. The maximum absolute atomic E-state index is 3.58. The Hall–Kier alpha value is -1.12. The van der Waals surface area contributed by atoms with Gasteiger partial charge in [0.05, 0.1) is 0 Å². The Morgan fingerprint density at radius 3 is 2.47 bits per heavy atom. The first kappa shape index (κ1) is 14.3. The molecular formula is C17H20BrN. The summed E-state index contributed by atoms with van der Waals surface area (Å²) >= 11 is 3.56. The van der Waals surface area contributed by atoms with Crippen LogP contribution in [0.4, 0.5) is 0 Å². The average molecular weight is 318 g/mol. The molecule has 1 nitrogen and oxygen atoms in total. The van der Waals surface area contributed by atoms with Crippen LogP contribution in [0.25, 0.3) is 0 Å². The quantitative estimate of drug-likeness (QED) is 0.846. The van der Waals surface area contributed by atoms with Gasteiger partial charge in [0.2, 0.25) is 0 Å². The van der Waals surface area contributed by atoms with Crippen LogP contribution in [0.5, 0.6) is 0 Å². The number of halogens is 1. The van der Waals surface area contributed by atoms with Crippen LogP contribution >= 0.6 is 15.9 Å². The molecule has 2 aromatic carbocycles. The van der Waals surface area contributed by atoms with Crippen LogP contribution < -0.4 is 5.32 Å². The van der Waals surface area contributed by atoms with E-state index in [-0.39, 0.29) is 0 Å². The molecule has 0 saturated heterocycles. The third kappa shape index (κ3) is 3.92. The molecule has 100 valence electrons. The zero-order valence-corrected chi connectivity index (χ0v) is 13.1. The highest BCUT2D eigenvalue weighted by Gasteiger charge is 2.11. The zero-order chi connectivity index (χ0) is 13.7. The first-order chi connectivity index (χ1) is 9.20. The lowest BCUT2D eigenvalue weighted by atomic mass is 9.97. The van der Waals surface area contributed by atoms with Gasteiger partial charge in [0.15, 0.2) is 0 Å². The van der Waals surface area contributed by atoms with Gasteiger partial charge in [0.25, 0.3) is 0 Å². The molecule has 0 aromatic heterocycles. The van der Waals surface area contributed by atoms with Crippen LogP contribution in [0.2, 0.25) is 0 Å². The van der Waals surface area contributed by atoms with E-state index >= 15 is 0 Å². The predicted octanol–water partition coefficient (Wildman–Crippen LogP) is 4.65. The lowest BCUT2D eigenvalue weighted by Crippen LogP contribution is -2.23. The highest BCUT2D eigenvalue weighted by atomic mass is 79.9. The number of likely N-dealkylation sites (N-methyl/N-ethyl adjacent to an activating group) is 1. The summed E-state index contributed by atoms with van der Waals surface area (Å²) < 4.78 is 1.17. The van der Waals surface area contributed by atoms with Gasteiger partial charge in [-0.15, -0.1) is 0 Å². The summed E-state index contributed by atoms with van der Waals surface area (Å²) in [7, 11) is 0. The number of benzene rings is 2. The minimum absolute atomic E-state index is 0.374. The van der Waals surface area contributed by atoms with Crippen molar-refractivity contribution in [2.24, 2.45) is 0 Å². The van der Waals surface area contributed by atoms with Gasteiger partial charge in [0.1, 0.15) is 0 Å². The Labute approximate surface area is 124 Å². The second kappa shape index (κ2) is 6.88. The topological polar surface area (TPSA) is 12.0 Å². The van der Waals surface area contributed by atoms with E-state index in [9.17, 15) is 0 Å². The molecule has 1 N–H and O–H groups in total. The van der Waals surface area contributed by atoms with Gasteiger partial charge in [-0.1, -0.05) is 65.3 Å². The molecule has 0 saturated carbocycles. The molecule has 19 heavy (non-hydrogen) atoms. The fraction of sp³-hybridized carbons (Fsp3) is 0.294. The van der Waals surface area contributed by atoms with Crippen LogP contribution in [0, 0.1) is 6.92 Å². The molecule has 0 heterocycles. The van der Waals surface area contributed by atoms with E-state index in [0.717, 1.165) is 13.0 Å². The number of rotatable bonds is 5. The largest absolute Gasteiger partial charge is 0.310 e. The van der Waals surface area contributed by atoms with E-state index in [0.29, 0.717) is 6.04 Å². The number of hydrogen-bond donors (Lipinski definition) is 1. The maximum Gasteiger partial charge on any atom is 0.0360 e. The molecule has 0 radical (unpaired) electrons. The van der Waals surface area contributed by atoms with Crippen molar-refractivity contribution < 1.29 is 0 Å². The Morgan fingerprint density at radius 1 is 1.11 bits per heavy atom. The van der Waals surface area contributed by atoms with Crippen LogP contribution in [-0.4, -0.2) is 6.54 Å². The second-order valence-corrected chi connectivity index (χ2v) is 5.66. The van der Waals surface area contributed by atoms with E-state index < -0.39 is 0 Å². The van der Waals surface area contributed by atoms with Crippen molar-refractivity contribution in [3.8, 4) is 0 Å². The molecule has 0 aliphatic carbocycles. The second-order valence-electron chi connectivity index (χ2n) is 4.81. The minimum atomic E-state index is 0.374. The molecule has 2 heteroatoms. The van der Waals surface area contributed by atoms with Gasteiger partial charge in [-0.05, 0) is 42.6 Å². The summed E-state index contributed by atoms with van der Waals surface area (Å²) in [5.74, 6) is 0. The Balaban J connectivity index is 2.21. The third-order valence-corrected chi connectivity index (χ3v) is 4.21. The fourth-order valence-electron chi connectivity index (χ4n) is 2.29. The molecule has 0 bridgehead atoms. The van der Waals surface area contributed by atoms with Crippen LogP contribution in [0.1, 0.15) is 29.7 Å². The number of hydrogen-bond acceptors (Lipinski definition) is 1. The summed E-state index contributed by atoms with van der Waals surface area (Å²) in [5, 5.41) is 3.58. The lowest BCUT2D eigenvalue weighted by Gasteiger charge is -2.19. The van der Waals surface area contributed by atoms with E-state index in [1.165, 1.54) is 21.2 Å². The molecule has 1 atom stereocenters. The average Bonchev–Trinajstić information content (AvgIpc) is 2.43. The van der Waals surface area contributed by atoms with Gasteiger partial charge in [0, 0.05) is 10.5 Å². The van der Waals surface area contributed by atoms with Crippen molar-refractivity contribution in [2.45, 2.75) is 26.3 Å². The molecule has 2 aromatic rings. The summed E-state index contributed by atoms with van der Waals surface area (Å²) in [6.45, 7) is 5.27. The van der Waals surface area contributed by atoms with Crippen molar-refractivity contribution in [1.29, 1.82) is 0 Å². The third-order valence-electron chi connectivity index (χ3n) is 3.32. The maximum atomic E-state index is 3.58. The molecule has 0 spiro atoms. The zero-order valence-electron chi connectivity index (χ0n) is 11.5. The Morgan fingerprint density at radius 2 is 1.84 bits per heavy atom. The summed E-state index contributed by atoms with van der Waals surface area (Å²) in [5.41, 5.74) is 4.01. The highest BCUT2D eigenvalue weighted by molar-refractivity contribution is 9.10. The summed E-state index contributed by atoms with van der Waals surface area (Å²) in [6.07, 6.45) is 1.02. The van der Waals surface area contributed by atoms with Gasteiger partial charge < -0.3 is 5.32 Å². The minimum Gasteiger partial charge on any atom is -0.310 e. The lowest BCUT2D eigenvalue weighted by molar-refractivity contribution is 0.549. The van der Waals surface area contributed by atoms with Gasteiger partial charge in [-0.3, -0.25) is 0 Å². The van der Waals surface area contributed by atoms with E-state index in [4.69, 9.17) is 0 Å². The van der Waals surface area contributed by atoms with Crippen LogP contribution in [0.15, 0.2) is 53.0 Å². The van der Waals surface area contributed by atoms with Crippen molar-refractivity contribution in [3.63, 3.8) is 0 Å². The highest BCUT2D eigenvalue weighted by Crippen LogP contribution is 2.23. The summed E-state index contributed by atoms with van der Waals surface area (Å²) in [4.78, 5) is 0. The van der Waals surface area contributed by atoms with E-state index in [1.54, 1.807) is 0 Å². The van der Waals surface area contributed by atoms with Crippen molar-refractivity contribution in [3.05, 3.63) is 69.7 Å². The number of nitrogens with one attached hydrogen (secondary N) is 1. The van der Waals surface area contributed by atoms with E-state index in [1.807, 2.05) is 0 Å². The molecule has 0 aliphatic rings. The monoisotopic (exact) mass is 317 g/mol. The Kier molecular flexibility index (Phi) is 5.17. The van der Waals surface area contributed by atoms with Crippen molar-refractivity contribution in [1.82, 2.24) is 5.32 Å². The standard InChI is InChI=1S/C17H20BrN/c1-3-19-17(12-14-7-5-4-6-8-14)15-9-10-16(18)13(2)11-15/h4-11,17,19H,3,12H2,1-2H3. The van der Waals surface area contributed by atoms with Gasteiger partial charge >= 0.3 is 0 Å². The first-order valence-corrected chi connectivity index (χ1v) is 7.53. The van der Waals surface area contributed by atoms with Crippen molar-refractivity contribution >= 4 is 15.9 Å². The molecule has 1 unspecified atom stereocenters. The molecule has 0 aliphatic heterocycles. The first-order valence-electron chi connectivity index (χ1n) is 6.74. The smallest absolute Gasteiger partial charge is 0.0360 e. The SMILES string of the molecule is CCNC(Cc1ccccc1)c1ccc(Br)c(C)c1. The van der Waals surface area contributed by atoms with Gasteiger partial charge in [-0.25, -0.2) is 0 Å². The molecule has 0 amide bonds. The van der Waals surface area contributed by atoms with Crippen LogP contribution in [0.3, 0.4) is 0 Å². The van der Waals surface area contributed by atoms with E-state index in [2.05, 4.69) is 83.6 Å². The normalized spacial score (nSPS) is 12.4. The predicted molar refractivity (Wildman–Crippen MR) is 85.4 cm³/mol. The fourth-order valence-corrected chi connectivity index (χ4v) is 2.54. The molecule has 0 fully saturated rings. The summed E-state index contributed by atoms with van der Waals surface area (Å²) in [6, 6.07) is 17.6. The molecular weight excluding hydrogens is 298 g/mol. The molecule has 2 rings (SSSR count). The van der Waals surface area contributed by atoms with Crippen LogP contribution in [-0.2, 0) is 6.42 Å².